The molecule has 5 heteroatoms. The lowest BCUT2D eigenvalue weighted by Gasteiger charge is -2.24. The van der Waals surface area contributed by atoms with Crippen LogP contribution in [-0.2, 0) is 0 Å². The molecular formula is C12H25N4P. The molecule has 0 aromatic carbocycles. The lowest BCUT2D eigenvalue weighted by Crippen LogP contribution is -2.34. The van der Waals surface area contributed by atoms with Gasteiger partial charge in [-0.15, -0.1) is 9.24 Å². The Hall–Kier alpha value is -0.860. The molecule has 98 valence electrons. The molecule has 0 aliphatic rings. The Bertz CT molecular complexity index is 327. The lowest BCUT2D eigenvalue weighted by molar-refractivity contribution is 0.314. The van der Waals surface area contributed by atoms with E-state index in [4.69, 9.17) is 5.41 Å². The lowest BCUT2D eigenvalue weighted by atomic mass is 10.1. The molecular weight excluding hydrogens is 231 g/mol. The van der Waals surface area contributed by atoms with Gasteiger partial charge >= 0.3 is 0 Å². The van der Waals surface area contributed by atoms with E-state index in [2.05, 4.69) is 26.5 Å². The number of nitrogens with zero attached hydrogens (tertiary/aromatic N) is 2. The first-order chi connectivity index (χ1) is 7.79. The van der Waals surface area contributed by atoms with Crippen LogP contribution in [0.3, 0.4) is 0 Å². The Morgan fingerprint density at radius 3 is 2.12 bits per heavy atom. The second-order valence-electron chi connectivity index (χ2n) is 4.30. The van der Waals surface area contributed by atoms with Gasteiger partial charge in [-0.05, 0) is 31.7 Å². The van der Waals surface area contributed by atoms with Gasteiger partial charge in [0.15, 0.2) is 0 Å². The summed E-state index contributed by atoms with van der Waals surface area (Å²) in [6, 6.07) is 0. The summed E-state index contributed by atoms with van der Waals surface area (Å²) in [7, 11) is 8.58. The van der Waals surface area contributed by atoms with Gasteiger partial charge in [0.1, 0.15) is 0 Å². The van der Waals surface area contributed by atoms with Crippen LogP contribution < -0.4 is 5.43 Å². The van der Waals surface area contributed by atoms with Crippen LogP contribution in [0, 0.1) is 5.41 Å². The van der Waals surface area contributed by atoms with E-state index in [1.165, 1.54) is 0 Å². The molecule has 0 spiro atoms. The Labute approximate surface area is 107 Å². The van der Waals surface area contributed by atoms with E-state index in [1.807, 2.05) is 46.2 Å². The number of hydrogen-bond donors (Lipinski definition) is 2. The van der Waals surface area contributed by atoms with Crippen molar-refractivity contribution in [3.8, 4) is 0 Å². The zero-order chi connectivity index (χ0) is 13.6. The monoisotopic (exact) mass is 256 g/mol. The Morgan fingerprint density at radius 1 is 1.29 bits per heavy atom. The predicted molar refractivity (Wildman–Crippen MR) is 79.0 cm³/mol. The summed E-state index contributed by atoms with van der Waals surface area (Å²) in [6.45, 7) is 6.57. The van der Waals surface area contributed by atoms with Gasteiger partial charge in [0.25, 0.3) is 0 Å². The molecule has 0 aromatic heterocycles. The average Bonchev–Trinajstić information content (AvgIpc) is 2.22. The third kappa shape index (κ3) is 5.85. The van der Waals surface area contributed by atoms with Crippen LogP contribution in [0.25, 0.3) is 0 Å². The molecule has 2 N–H and O–H groups in total. The molecule has 17 heavy (non-hydrogen) atoms. The molecule has 0 aromatic rings. The van der Waals surface area contributed by atoms with Gasteiger partial charge in [-0.3, -0.25) is 0 Å². The SMILES string of the molecule is CNN(/C=C(\C)N(C)C)C/C(C(C)=N)=C(\C)P. The van der Waals surface area contributed by atoms with E-state index in [0.29, 0.717) is 12.3 Å². The average molecular weight is 256 g/mol. The number of hydrogen-bond acceptors (Lipinski definition) is 4. The quantitative estimate of drug-likeness (QED) is 0.434. The van der Waals surface area contributed by atoms with Crippen LogP contribution in [0.15, 0.2) is 22.8 Å². The molecule has 0 amide bonds. The molecule has 0 aliphatic heterocycles. The first-order valence-corrected chi connectivity index (χ1v) is 6.17. The maximum absolute atomic E-state index is 7.76. The summed E-state index contributed by atoms with van der Waals surface area (Å²) in [5.41, 5.74) is 5.91. The zero-order valence-electron chi connectivity index (χ0n) is 11.8. The molecule has 1 unspecified atom stereocenters. The van der Waals surface area contributed by atoms with Crippen molar-refractivity contribution in [3.63, 3.8) is 0 Å². The standard InChI is InChI=1S/C12H25N4P/c1-9(15(5)6)7-16(14-4)8-12(10(2)13)11(3)17/h7,13-14H,8,17H2,1-6H3/b9-7+,12-11-,13-10?. The van der Waals surface area contributed by atoms with Gasteiger partial charge in [0, 0.05) is 38.8 Å². The summed E-state index contributed by atoms with van der Waals surface area (Å²) in [5.74, 6) is 0. The molecule has 0 aliphatic carbocycles. The van der Waals surface area contributed by atoms with Crippen molar-refractivity contribution >= 4 is 15.0 Å². The Balaban J connectivity index is 4.89. The fourth-order valence-electron chi connectivity index (χ4n) is 1.24. The van der Waals surface area contributed by atoms with Gasteiger partial charge in [-0.25, -0.2) is 5.43 Å². The molecule has 1 atom stereocenters. The van der Waals surface area contributed by atoms with E-state index < -0.39 is 0 Å². The predicted octanol–water partition coefficient (Wildman–Crippen LogP) is 2.03. The minimum absolute atomic E-state index is 0.605. The van der Waals surface area contributed by atoms with Gasteiger partial charge in [0.2, 0.25) is 0 Å². The molecule has 0 rings (SSSR count). The smallest absolute Gasteiger partial charge is 0.0609 e. The highest BCUT2D eigenvalue weighted by Crippen LogP contribution is 2.14. The molecule has 0 radical (unpaired) electrons. The van der Waals surface area contributed by atoms with E-state index in [-0.39, 0.29) is 0 Å². The van der Waals surface area contributed by atoms with E-state index in [0.717, 1.165) is 16.6 Å². The highest BCUT2D eigenvalue weighted by Gasteiger charge is 2.07. The van der Waals surface area contributed by atoms with Crippen molar-refractivity contribution < 1.29 is 0 Å². The van der Waals surface area contributed by atoms with E-state index >= 15 is 0 Å². The topological polar surface area (TPSA) is 42.4 Å². The Kier molecular flexibility index (Phi) is 7.09. The summed E-state index contributed by atoms with van der Waals surface area (Å²) in [5, 5.41) is 10.8. The van der Waals surface area contributed by atoms with Crippen molar-refractivity contribution in [1.29, 1.82) is 5.41 Å². The van der Waals surface area contributed by atoms with Crippen molar-refractivity contribution in [2.75, 3.05) is 27.7 Å². The number of nitrogens with one attached hydrogen (secondary N) is 2. The maximum Gasteiger partial charge on any atom is 0.0609 e. The second kappa shape index (κ2) is 7.46. The first kappa shape index (κ1) is 16.1. The van der Waals surface area contributed by atoms with Gasteiger partial charge in [0.05, 0.1) is 6.54 Å². The summed E-state index contributed by atoms with van der Waals surface area (Å²) >= 11 is 0. The van der Waals surface area contributed by atoms with Crippen LogP contribution in [0.1, 0.15) is 20.8 Å². The zero-order valence-corrected chi connectivity index (χ0v) is 12.9. The second-order valence-corrected chi connectivity index (χ2v) is 5.17. The van der Waals surface area contributed by atoms with Crippen LogP contribution in [0.5, 0.6) is 0 Å². The highest BCUT2D eigenvalue weighted by atomic mass is 31.0. The van der Waals surface area contributed by atoms with E-state index in [1.54, 1.807) is 0 Å². The molecule has 0 heterocycles. The first-order valence-electron chi connectivity index (χ1n) is 5.60. The molecule has 0 bridgehead atoms. The van der Waals surface area contributed by atoms with Crippen molar-refractivity contribution in [1.82, 2.24) is 15.3 Å². The molecule has 4 nitrogen and oxygen atoms in total. The normalized spacial score (nSPS) is 13.2. The van der Waals surface area contributed by atoms with Crippen molar-refractivity contribution in [3.05, 3.63) is 22.8 Å². The minimum Gasteiger partial charge on any atom is -0.380 e. The van der Waals surface area contributed by atoms with Crippen LogP contribution >= 0.6 is 9.24 Å². The third-order valence-corrected chi connectivity index (χ3v) is 2.94. The molecule has 0 fully saturated rings. The largest absolute Gasteiger partial charge is 0.380 e. The van der Waals surface area contributed by atoms with Crippen molar-refractivity contribution in [2.24, 2.45) is 0 Å². The van der Waals surface area contributed by atoms with Gasteiger partial charge < -0.3 is 15.3 Å². The summed E-state index contributed by atoms with van der Waals surface area (Å²) in [6.07, 6.45) is 2.04. The fraction of sp³-hybridized carbons (Fsp3) is 0.583. The Morgan fingerprint density at radius 2 is 1.82 bits per heavy atom. The number of allylic oxidation sites excluding steroid dienone is 2. The highest BCUT2D eigenvalue weighted by molar-refractivity contribution is 7.22. The summed E-state index contributed by atoms with van der Waals surface area (Å²) < 4.78 is 0. The minimum atomic E-state index is 0.605. The maximum atomic E-state index is 7.76. The van der Waals surface area contributed by atoms with Crippen LogP contribution in [0.4, 0.5) is 0 Å². The molecule has 0 saturated carbocycles. The number of hydrazine groups is 1. The van der Waals surface area contributed by atoms with Gasteiger partial charge in [-0.2, -0.15) is 0 Å². The van der Waals surface area contributed by atoms with Crippen LogP contribution in [0.2, 0.25) is 0 Å². The fourth-order valence-corrected chi connectivity index (χ4v) is 1.55. The van der Waals surface area contributed by atoms with Crippen molar-refractivity contribution in [2.45, 2.75) is 20.8 Å². The summed E-state index contributed by atoms with van der Waals surface area (Å²) in [4.78, 5) is 2.05. The van der Waals surface area contributed by atoms with Gasteiger partial charge in [-0.1, -0.05) is 0 Å². The number of rotatable bonds is 6. The third-order valence-electron chi connectivity index (χ3n) is 2.59. The van der Waals surface area contributed by atoms with Crippen LogP contribution in [-0.4, -0.2) is 43.3 Å². The molecule has 0 saturated heterocycles. The van der Waals surface area contributed by atoms with E-state index in [9.17, 15) is 0 Å².